The zero-order valence-corrected chi connectivity index (χ0v) is 19.7. The van der Waals surface area contributed by atoms with E-state index in [0.717, 1.165) is 25.9 Å². The monoisotopic (exact) mass is 489 g/mol. The van der Waals surface area contributed by atoms with Crippen molar-refractivity contribution in [2.24, 2.45) is 5.92 Å². The van der Waals surface area contributed by atoms with Crippen molar-refractivity contribution in [1.82, 2.24) is 29.7 Å². The van der Waals surface area contributed by atoms with Gasteiger partial charge in [-0.1, -0.05) is 5.92 Å². The molecule has 5 atom stereocenters. The van der Waals surface area contributed by atoms with Gasteiger partial charge in [-0.3, -0.25) is 14.3 Å². The summed E-state index contributed by atoms with van der Waals surface area (Å²) in [4.78, 5) is 27.2. The Kier molecular flexibility index (Phi) is 7.80. The maximum absolute atomic E-state index is 12.2. The molecule has 1 amide bonds. The van der Waals surface area contributed by atoms with Gasteiger partial charge in [0.2, 0.25) is 5.82 Å². The number of hydrogen-bond donors (Lipinski definition) is 5. The van der Waals surface area contributed by atoms with Crippen LogP contribution in [0, 0.1) is 17.8 Å². The molecule has 2 aromatic rings. The molecule has 35 heavy (non-hydrogen) atoms. The molecule has 6 N–H and O–H groups in total. The summed E-state index contributed by atoms with van der Waals surface area (Å²) in [5.74, 6) is 5.85. The van der Waals surface area contributed by atoms with Crippen LogP contribution in [0.3, 0.4) is 0 Å². The van der Waals surface area contributed by atoms with Gasteiger partial charge in [0.25, 0.3) is 5.91 Å². The second-order valence-electron chi connectivity index (χ2n) is 8.62. The van der Waals surface area contributed by atoms with Gasteiger partial charge in [0, 0.05) is 19.6 Å². The number of hydrogen-bond acceptors (Lipinski definition) is 11. The van der Waals surface area contributed by atoms with Crippen molar-refractivity contribution in [3.63, 3.8) is 0 Å². The van der Waals surface area contributed by atoms with Crippen LogP contribution < -0.4 is 11.1 Å². The number of likely N-dealkylation sites (N-methyl/N-ethyl adjacent to an activating group) is 1. The normalized spacial score (nSPS) is 26.4. The summed E-state index contributed by atoms with van der Waals surface area (Å²) in [7, 11) is 1.50. The maximum Gasteiger partial charge on any atom is 0.252 e. The molecule has 13 heteroatoms. The lowest BCUT2D eigenvalue weighted by Crippen LogP contribution is -2.42. The largest absolute Gasteiger partial charge is 0.387 e. The quantitative estimate of drug-likeness (QED) is 0.228. The molecule has 4 heterocycles. The smallest absolute Gasteiger partial charge is 0.252 e. The van der Waals surface area contributed by atoms with Crippen molar-refractivity contribution in [2.75, 3.05) is 39.0 Å². The second kappa shape index (κ2) is 10.8. The van der Waals surface area contributed by atoms with Gasteiger partial charge in [-0.15, -0.1) is 0 Å². The molecular formula is C22H31N7O6. The van der Waals surface area contributed by atoms with E-state index in [-0.39, 0.29) is 23.2 Å². The SMILES string of the molecule is CCNC(=O)[C@H]1O[C@@H](n2cnc3c(N)nc(C#CCN4CCC(C(O)OC)CC4)nc32)[C@@H](O)C1O. The van der Waals surface area contributed by atoms with E-state index < -0.39 is 36.7 Å². The molecule has 190 valence electrons. The number of amides is 1. The van der Waals surface area contributed by atoms with Gasteiger partial charge >= 0.3 is 0 Å². The number of aliphatic hydroxyl groups is 3. The standard InChI is InChI=1S/C22H31N7O6/c1-3-24-20(32)17-15(30)16(31)21(35-17)29-11-25-14-18(23)26-13(27-19(14)29)5-4-8-28-9-6-12(7-10-28)22(33)34-2/h11-12,15-17,21-22,30-31,33H,3,6-10H2,1-2H3,(H,24,32)(H2,23,26,27)/t15?,16-,17-,21+,22?/m0/s1. The van der Waals surface area contributed by atoms with Gasteiger partial charge < -0.3 is 35.8 Å². The number of carbonyl (C=O) groups excluding carboxylic acids is 1. The highest BCUT2D eigenvalue weighted by Crippen LogP contribution is 2.32. The minimum Gasteiger partial charge on any atom is -0.387 e. The molecule has 0 spiro atoms. The van der Waals surface area contributed by atoms with Crippen LogP contribution >= 0.6 is 0 Å². The number of fused-ring (bicyclic) bond motifs is 1. The van der Waals surface area contributed by atoms with Crippen LogP contribution in [0.1, 0.15) is 31.8 Å². The predicted molar refractivity (Wildman–Crippen MR) is 123 cm³/mol. The Hall–Kier alpha value is -2.86. The van der Waals surface area contributed by atoms with Gasteiger partial charge in [-0.25, -0.2) is 15.0 Å². The van der Waals surface area contributed by atoms with E-state index in [1.165, 1.54) is 18.0 Å². The first-order chi connectivity index (χ1) is 16.8. The number of anilines is 1. The number of carbonyl (C=O) groups is 1. The third-order valence-corrected chi connectivity index (χ3v) is 6.35. The number of imidazole rings is 1. The molecule has 0 radical (unpaired) electrons. The van der Waals surface area contributed by atoms with Crippen LogP contribution in [-0.4, -0.2) is 104 Å². The van der Waals surface area contributed by atoms with E-state index in [1.807, 2.05) is 0 Å². The van der Waals surface area contributed by atoms with Gasteiger partial charge in [0.15, 0.2) is 30.1 Å². The molecule has 0 aliphatic carbocycles. The first-order valence-corrected chi connectivity index (χ1v) is 11.6. The number of methoxy groups -OCH3 is 1. The fourth-order valence-corrected chi connectivity index (χ4v) is 4.38. The molecule has 0 aromatic carbocycles. The second-order valence-corrected chi connectivity index (χ2v) is 8.62. The lowest BCUT2D eigenvalue weighted by Gasteiger charge is -2.32. The summed E-state index contributed by atoms with van der Waals surface area (Å²) < 4.78 is 12.1. The van der Waals surface area contributed by atoms with E-state index in [2.05, 4.69) is 37.0 Å². The molecule has 2 aliphatic heterocycles. The molecular weight excluding hydrogens is 458 g/mol. The lowest BCUT2D eigenvalue weighted by atomic mass is 9.96. The Morgan fingerprint density at radius 2 is 2.09 bits per heavy atom. The molecule has 2 fully saturated rings. The van der Waals surface area contributed by atoms with Gasteiger partial charge in [-0.05, 0) is 38.8 Å². The Morgan fingerprint density at radius 1 is 1.34 bits per heavy atom. The average Bonchev–Trinajstić information content (AvgIpc) is 3.40. The number of piperidine rings is 1. The number of nitrogens with one attached hydrogen (secondary N) is 1. The summed E-state index contributed by atoms with van der Waals surface area (Å²) in [5.41, 5.74) is 6.62. The van der Waals surface area contributed by atoms with E-state index in [4.69, 9.17) is 15.2 Å². The minimum absolute atomic E-state index is 0.112. The summed E-state index contributed by atoms with van der Waals surface area (Å²) >= 11 is 0. The number of nitrogen functional groups attached to an aromatic ring is 1. The number of aliphatic hydroxyl groups excluding tert-OH is 3. The number of likely N-dealkylation sites (tertiary alicyclic amines) is 1. The van der Waals surface area contributed by atoms with Crippen LogP contribution in [0.4, 0.5) is 5.82 Å². The molecule has 2 saturated heterocycles. The Morgan fingerprint density at radius 3 is 2.77 bits per heavy atom. The van der Waals surface area contributed by atoms with Crippen molar-refractivity contribution in [2.45, 2.75) is 50.6 Å². The molecule has 2 unspecified atom stereocenters. The van der Waals surface area contributed by atoms with Crippen molar-refractivity contribution in [1.29, 1.82) is 0 Å². The number of aromatic nitrogens is 4. The van der Waals surface area contributed by atoms with Crippen LogP contribution in [0.2, 0.25) is 0 Å². The van der Waals surface area contributed by atoms with Crippen molar-refractivity contribution in [3.8, 4) is 11.8 Å². The highest BCUT2D eigenvalue weighted by Gasteiger charge is 2.47. The van der Waals surface area contributed by atoms with Gasteiger partial charge in [-0.2, -0.15) is 0 Å². The molecule has 13 nitrogen and oxygen atoms in total. The Balaban J connectivity index is 1.49. The fourth-order valence-electron chi connectivity index (χ4n) is 4.38. The number of nitrogens with zero attached hydrogens (tertiary/aromatic N) is 5. The summed E-state index contributed by atoms with van der Waals surface area (Å²) in [6, 6.07) is 0. The number of nitrogens with two attached hydrogens (primary N) is 1. The highest BCUT2D eigenvalue weighted by molar-refractivity contribution is 5.83. The van der Waals surface area contributed by atoms with Crippen LogP contribution in [0.5, 0.6) is 0 Å². The predicted octanol–water partition coefficient (Wildman–Crippen LogP) is -1.81. The minimum atomic E-state index is -1.42. The van der Waals surface area contributed by atoms with Crippen molar-refractivity contribution < 1.29 is 29.6 Å². The van der Waals surface area contributed by atoms with Crippen molar-refractivity contribution >= 4 is 22.9 Å². The zero-order chi connectivity index (χ0) is 25.1. The summed E-state index contributed by atoms with van der Waals surface area (Å²) in [6.07, 6.45) is -2.87. The fraction of sp³-hybridized carbons (Fsp3) is 0.636. The maximum atomic E-state index is 12.2. The average molecular weight is 490 g/mol. The van der Waals surface area contributed by atoms with Crippen LogP contribution in [0.25, 0.3) is 11.2 Å². The van der Waals surface area contributed by atoms with Crippen molar-refractivity contribution in [3.05, 3.63) is 12.2 Å². The first kappa shape index (κ1) is 25.2. The number of ether oxygens (including phenoxy) is 2. The Bertz CT molecular complexity index is 1110. The third kappa shape index (κ3) is 5.22. The summed E-state index contributed by atoms with van der Waals surface area (Å²) in [5, 5.41) is 33.3. The number of rotatable bonds is 6. The lowest BCUT2D eigenvalue weighted by molar-refractivity contribution is -0.137. The van der Waals surface area contributed by atoms with Gasteiger partial charge in [0.05, 0.1) is 12.9 Å². The van der Waals surface area contributed by atoms with Crippen LogP contribution in [0.15, 0.2) is 6.33 Å². The molecule has 4 rings (SSSR count). The van der Waals surface area contributed by atoms with E-state index in [0.29, 0.717) is 18.6 Å². The Labute approximate surface area is 202 Å². The van der Waals surface area contributed by atoms with Gasteiger partial charge in [0.1, 0.15) is 17.7 Å². The molecule has 2 aromatic heterocycles. The van der Waals surface area contributed by atoms with E-state index in [1.54, 1.807) is 6.92 Å². The molecule has 0 saturated carbocycles. The summed E-state index contributed by atoms with van der Waals surface area (Å²) in [6.45, 7) is 4.19. The molecule has 2 aliphatic rings. The van der Waals surface area contributed by atoms with E-state index >= 15 is 0 Å². The highest BCUT2D eigenvalue weighted by atomic mass is 16.6. The third-order valence-electron chi connectivity index (χ3n) is 6.35. The zero-order valence-electron chi connectivity index (χ0n) is 19.7. The van der Waals surface area contributed by atoms with Crippen LogP contribution in [-0.2, 0) is 14.3 Å². The first-order valence-electron chi connectivity index (χ1n) is 11.6. The van der Waals surface area contributed by atoms with E-state index in [9.17, 15) is 20.1 Å². The topological polar surface area (TPSA) is 181 Å². The molecule has 0 bridgehead atoms.